The number of nitrogens with zero attached hydrogens (tertiary/aromatic N) is 4. The summed E-state index contributed by atoms with van der Waals surface area (Å²) in [6, 6.07) is 55.7. The van der Waals surface area contributed by atoms with E-state index in [-0.39, 0.29) is 20.1 Å². The van der Waals surface area contributed by atoms with Gasteiger partial charge in [-0.15, -0.1) is 59.7 Å². The van der Waals surface area contributed by atoms with Crippen LogP contribution in [0.1, 0.15) is 11.1 Å². The number of pyridine rings is 1. The minimum absolute atomic E-state index is 0. The molecule has 49 heavy (non-hydrogen) atoms. The summed E-state index contributed by atoms with van der Waals surface area (Å²) in [5, 5.41) is 5.14. The fourth-order valence-electron chi connectivity index (χ4n) is 6.89. The van der Waals surface area contributed by atoms with E-state index in [2.05, 4.69) is 154 Å². The van der Waals surface area contributed by atoms with Gasteiger partial charge in [0, 0.05) is 45.1 Å². The number of rotatable bonds is 3. The topological polar surface area (TPSA) is 23.8 Å². The minimum Gasteiger partial charge on any atom is -0.493 e. The molecule has 0 radical (unpaired) electrons. The number of para-hydroxylation sites is 4. The van der Waals surface area contributed by atoms with Crippen LogP contribution >= 0.6 is 0 Å². The minimum atomic E-state index is 0. The summed E-state index contributed by atoms with van der Waals surface area (Å²) in [4.78, 5) is 8.83. The second-order valence-electron chi connectivity index (χ2n) is 12.3. The van der Waals surface area contributed by atoms with E-state index < -0.39 is 0 Å². The molecule has 0 atom stereocenters. The van der Waals surface area contributed by atoms with Crippen LogP contribution in [0.3, 0.4) is 0 Å². The van der Waals surface area contributed by atoms with Crippen molar-refractivity contribution >= 4 is 60.8 Å². The summed E-state index contributed by atoms with van der Waals surface area (Å²) in [7, 11) is 0. The third-order valence-corrected chi connectivity index (χ3v) is 9.24. The Morgan fingerprint density at radius 3 is 2.04 bits per heavy atom. The molecule has 0 aliphatic carbocycles. The standard InChI is InChI=1S/C32H21N3.C12H10N.Ir/c1-21-13-15-22(16-14-21)33-20-34(31-12-5-4-11-30(31)33)23-17-18-29-27(19-23)26-9-6-8-25-24-7-2-3-10-28(24)35(29)32(25)26;1-10-7-8-12(13-9-10)11-5-3-2-4-6-11;/h2-16,18-20H,1H3;2-5,7-9H,1H3;/q-2;-1;+3. The fourth-order valence-corrected chi connectivity index (χ4v) is 6.89. The van der Waals surface area contributed by atoms with Crippen molar-refractivity contribution in [3.8, 4) is 11.3 Å². The molecule has 4 heterocycles. The van der Waals surface area contributed by atoms with Crippen molar-refractivity contribution in [3.63, 3.8) is 0 Å². The van der Waals surface area contributed by atoms with E-state index in [9.17, 15) is 0 Å². The van der Waals surface area contributed by atoms with Gasteiger partial charge in [-0.05, 0) is 60.8 Å². The Labute approximate surface area is 299 Å². The first kappa shape index (κ1) is 30.8. The Hall–Kier alpha value is -5.48. The van der Waals surface area contributed by atoms with E-state index in [1.807, 2.05) is 43.5 Å². The Kier molecular flexibility index (Phi) is 7.88. The average Bonchev–Trinajstić information content (AvgIpc) is 3.80. The normalized spacial score (nSPS) is 12.4. The van der Waals surface area contributed by atoms with Crippen LogP contribution in [0.15, 0.2) is 146 Å². The van der Waals surface area contributed by atoms with Crippen molar-refractivity contribution in [2.24, 2.45) is 0 Å². The van der Waals surface area contributed by atoms with Gasteiger partial charge in [-0.25, -0.2) is 0 Å². The molecule has 0 bridgehead atoms. The molecule has 5 heteroatoms. The molecule has 1 aliphatic heterocycles. The van der Waals surface area contributed by atoms with E-state index in [1.54, 1.807) is 0 Å². The van der Waals surface area contributed by atoms with E-state index in [4.69, 9.17) is 0 Å². The van der Waals surface area contributed by atoms with Gasteiger partial charge in [-0.1, -0.05) is 83.9 Å². The maximum absolute atomic E-state index is 4.32. The van der Waals surface area contributed by atoms with Crippen LogP contribution in [0.5, 0.6) is 0 Å². The molecular formula is C44H31IrN4. The molecule has 0 fully saturated rings. The summed E-state index contributed by atoms with van der Waals surface area (Å²) in [6.45, 7) is 6.33. The number of aryl methyl sites for hydroxylation is 2. The fraction of sp³-hybridized carbons (Fsp3) is 0.0455. The van der Waals surface area contributed by atoms with Crippen molar-refractivity contribution in [1.29, 1.82) is 0 Å². The van der Waals surface area contributed by atoms with Crippen LogP contribution in [0.2, 0.25) is 0 Å². The Bertz CT molecular complexity index is 2560. The number of hydrogen-bond donors (Lipinski definition) is 0. The summed E-state index contributed by atoms with van der Waals surface area (Å²) in [5.74, 6) is 0. The zero-order valence-electron chi connectivity index (χ0n) is 27.1. The van der Waals surface area contributed by atoms with Crippen molar-refractivity contribution in [1.82, 2.24) is 9.38 Å². The van der Waals surface area contributed by atoms with Crippen LogP contribution in [-0.2, 0) is 20.1 Å². The Morgan fingerprint density at radius 1 is 0.592 bits per heavy atom. The van der Waals surface area contributed by atoms with Gasteiger partial charge in [0.1, 0.15) is 0 Å². The first-order chi connectivity index (χ1) is 23.6. The first-order valence-corrected chi connectivity index (χ1v) is 16.2. The smallest absolute Gasteiger partial charge is 0.493 e. The van der Waals surface area contributed by atoms with E-state index in [0.29, 0.717) is 0 Å². The molecule has 6 aromatic carbocycles. The van der Waals surface area contributed by atoms with Gasteiger partial charge >= 0.3 is 20.1 Å². The molecule has 0 amide bonds. The molecule has 0 N–H and O–H groups in total. The number of benzene rings is 6. The molecule has 0 spiro atoms. The number of fused-ring (bicyclic) bond motifs is 7. The van der Waals surface area contributed by atoms with Crippen LogP contribution in [0, 0.1) is 32.6 Å². The third kappa shape index (κ3) is 5.23. The number of aromatic nitrogens is 2. The quantitative estimate of drug-likeness (QED) is 0.166. The largest absolute Gasteiger partial charge is 3.00 e. The molecule has 10 rings (SSSR count). The van der Waals surface area contributed by atoms with Crippen molar-refractivity contribution in [2.45, 2.75) is 13.8 Å². The van der Waals surface area contributed by atoms with Crippen LogP contribution in [0.4, 0.5) is 22.7 Å². The Balaban J connectivity index is 0.000000211. The van der Waals surface area contributed by atoms with Gasteiger partial charge in [-0.3, -0.25) is 0 Å². The van der Waals surface area contributed by atoms with Crippen molar-refractivity contribution < 1.29 is 20.1 Å². The molecule has 1 aliphatic rings. The zero-order valence-corrected chi connectivity index (χ0v) is 29.5. The molecule has 0 saturated heterocycles. The van der Waals surface area contributed by atoms with Crippen LogP contribution in [-0.4, -0.2) is 9.38 Å². The number of hydrogen-bond acceptors (Lipinski definition) is 3. The van der Waals surface area contributed by atoms with Crippen LogP contribution in [0.25, 0.3) is 49.4 Å². The SMILES string of the molecule is Cc1ccc(-c2[c-]cccc2)nc1.Cc1ccc(N2[CH-]N(c3[c-]cc4c(c3)c3cccc5c6ccccc6n4c35)c3ccccc32)cc1.[Ir+3]. The van der Waals surface area contributed by atoms with Gasteiger partial charge in [0.2, 0.25) is 0 Å². The molecule has 3 aromatic heterocycles. The van der Waals surface area contributed by atoms with Gasteiger partial charge in [0.15, 0.2) is 0 Å². The molecule has 9 aromatic rings. The molecular weight excluding hydrogens is 777 g/mol. The summed E-state index contributed by atoms with van der Waals surface area (Å²) >= 11 is 0. The predicted octanol–water partition coefficient (Wildman–Crippen LogP) is 11.2. The summed E-state index contributed by atoms with van der Waals surface area (Å²) in [6.07, 6.45) is 1.87. The van der Waals surface area contributed by atoms with Crippen LogP contribution < -0.4 is 9.80 Å². The second-order valence-corrected chi connectivity index (χ2v) is 12.3. The maximum atomic E-state index is 4.32. The molecule has 0 unspecified atom stereocenters. The summed E-state index contributed by atoms with van der Waals surface area (Å²) in [5.41, 5.74) is 12.7. The first-order valence-electron chi connectivity index (χ1n) is 16.2. The second kappa shape index (κ2) is 12.5. The molecule has 236 valence electrons. The monoisotopic (exact) mass is 808 g/mol. The molecule has 0 saturated carbocycles. The molecule has 4 nitrogen and oxygen atoms in total. The van der Waals surface area contributed by atoms with Gasteiger partial charge in [-0.2, -0.15) is 12.1 Å². The van der Waals surface area contributed by atoms with Crippen molar-refractivity contribution in [3.05, 3.63) is 176 Å². The average molecular weight is 808 g/mol. The number of anilines is 4. The van der Waals surface area contributed by atoms with Gasteiger partial charge in [0.25, 0.3) is 0 Å². The van der Waals surface area contributed by atoms with E-state index in [1.165, 1.54) is 54.9 Å². The van der Waals surface area contributed by atoms with E-state index in [0.717, 1.165) is 28.3 Å². The maximum Gasteiger partial charge on any atom is 3.00 e. The zero-order chi connectivity index (χ0) is 32.2. The van der Waals surface area contributed by atoms with Gasteiger partial charge < -0.3 is 19.2 Å². The van der Waals surface area contributed by atoms with E-state index >= 15 is 0 Å². The Morgan fingerprint density at radius 2 is 1.29 bits per heavy atom. The predicted molar refractivity (Wildman–Crippen MR) is 199 cm³/mol. The summed E-state index contributed by atoms with van der Waals surface area (Å²) < 4.78 is 2.40. The van der Waals surface area contributed by atoms with Crippen molar-refractivity contribution in [2.75, 3.05) is 9.80 Å². The van der Waals surface area contributed by atoms with Gasteiger partial charge in [0.05, 0.1) is 0 Å². The third-order valence-electron chi connectivity index (χ3n) is 9.24.